The maximum atomic E-state index is 12.2. The van der Waals surface area contributed by atoms with E-state index in [4.69, 9.17) is 33.2 Å². The summed E-state index contributed by atoms with van der Waals surface area (Å²) in [5, 5.41) is 28.7. The molecule has 13 heteroatoms. The molecule has 1 saturated carbocycles. The fraction of sp³-hybridized carbons (Fsp3) is 0.333. The van der Waals surface area contributed by atoms with E-state index in [0.717, 1.165) is 17.5 Å². The zero-order chi connectivity index (χ0) is 24.4. The average Bonchev–Trinajstić information content (AvgIpc) is 2.80. The van der Waals surface area contributed by atoms with Gasteiger partial charge < -0.3 is 9.84 Å². The molecule has 3 N–H and O–H groups in total. The van der Waals surface area contributed by atoms with E-state index in [0.29, 0.717) is 24.8 Å². The Morgan fingerprint density at radius 2 is 1.79 bits per heavy atom. The maximum absolute atomic E-state index is 12.2. The molecule has 0 saturated heterocycles. The van der Waals surface area contributed by atoms with E-state index in [2.05, 4.69) is 15.3 Å². The molecule has 11 nitrogen and oxygen atoms in total. The number of aromatic nitrogens is 5. The molecule has 0 radical (unpaired) electrons. The van der Waals surface area contributed by atoms with Crippen LogP contribution in [0.1, 0.15) is 36.9 Å². The van der Waals surface area contributed by atoms with Crippen molar-refractivity contribution in [3.63, 3.8) is 0 Å². The molecule has 0 atom stereocenters. The molecule has 1 aliphatic carbocycles. The fourth-order valence-corrected chi connectivity index (χ4v) is 4.36. The lowest BCUT2D eigenvalue weighted by atomic mass is 9.84. The van der Waals surface area contributed by atoms with Crippen LogP contribution in [0.3, 0.4) is 0 Å². The van der Waals surface area contributed by atoms with Gasteiger partial charge in [0.15, 0.2) is 5.75 Å². The number of halogens is 2. The smallest absolute Gasteiger partial charge is 0.349 e. The highest BCUT2D eigenvalue weighted by molar-refractivity contribution is 6.37. The van der Waals surface area contributed by atoms with Crippen molar-refractivity contribution >= 4 is 23.2 Å². The monoisotopic (exact) mass is 504 g/mol. The van der Waals surface area contributed by atoms with Crippen LogP contribution in [0.5, 0.6) is 11.6 Å². The molecule has 176 valence electrons. The van der Waals surface area contributed by atoms with Gasteiger partial charge in [-0.05, 0) is 50.2 Å². The number of aliphatic hydroxyl groups excluding tert-OH is 1. The lowest BCUT2D eigenvalue weighted by Crippen LogP contribution is -2.33. The van der Waals surface area contributed by atoms with Gasteiger partial charge in [0.05, 0.1) is 21.8 Å². The van der Waals surface area contributed by atoms with Crippen molar-refractivity contribution in [2.45, 2.75) is 38.2 Å². The van der Waals surface area contributed by atoms with Gasteiger partial charge in [0, 0.05) is 11.6 Å². The summed E-state index contributed by atoms with van der Waals surface area (Å²) in [6.07, 6.45) is 3.29. The van der Waals surface area contributed by atoms with Gasteiger partial charge in [-0.1, -0.05) is 23.2 Å². The number of aliphatic hydroxyl groups is 1. The molecule has 0 aliphatic heterocycles. The highest BCUT2D eigenvalue weighted by atomic mass is 35.5. The van der Waals surface area contributed by atoms with E-state index in [9.17, 15) is 19.5 Å². The van der Waals surface area contributed by atoms with Crippen LogP contribution in [0.15, 0.2) is 32.6 Å². The first kappa shape index (κ1) is 23.7. The van der Waals surface area contributed by atoms with E-state index in [1.165, 1.54) is 18.2 Å². The van der Waals surface area contributed by atoms with Crippen LogP contribution in [-0.2, 0) is 6.42 Å². The van der Waals surface area contributed by atoms with Crippen molar-refractivity contribution in [3.05, 3.63) is 70.7 Å². The highest BCUT2D eigenvalue weighted by Gasteiger charge is 2.21. The SMILES string of the molecule is N#Cc1nn(-c2cc(Cl)c(Oc3cc(CC4CCC(O)CC4)c(=O)[nH]n3)c(Cl)c2)c(=O)[nH]c1=O. The third kappa shape index (κ3) is 5.04. The van der Waals surface area contributed by atoms with Crippen molar-refractivity contribution in [1.29, 1.82) is 5.26 Å². The Hall–Kier alpha value is -3.46. The molecule has 0 spiro atoms. The summed E-state index contributed by atoms with van der Waals surface area (Å²) in [6.45, 7) is 0. The van der Waals surface area contributed by atoms with Crippen molar-refractivity contribution in [2.24, 2.45) is 5.92 Å². The second kappa shape index (κ2) is 9.80. The zero-order valence-corrected chi connectivity index (χ0v) is 19.1. The van der Waals surface area contributed by atoms with Crippen LogP contribution >= 0.6 is 23.2 Å². The number of hydrogen-bond acceptors (Lipinski definition) is 8. The van der Waals surface area contributed by atoms with Gasteiger partial charge in [0.25, 0.3) is 11.1 Å². The number of H-pyrrole nitrogens is 2. The van der Waals surface area contributed by atoms with Crippen LogP contribution in [0, 0.1) is 17.2 Å². The maximum Gasteiger partial charge on any atom is 0.349 e. The van der Waals surface area contributed by atoms with E-state index in [-0.39, 0.29) is 44.9 Å². The lowest BCUT2D eigenvalue weighted by Gasteiger charge is -2.25. The van der Waals surface area contributed by atoms with Gasteiger partial charge >= 0.3 is 5.69 Å². The molecule has 4 rings (SSSR count). The van der Waals surface area contributed by atoms with Crippen LogP contribution in [0.25, 0.3) is 5.69 Å². The minimum atomic E-state index is -0.912. The van der Waals surface area contributed by atoms with Gasteiger partial charge in [-0.15, -0.1) is 10.2 Å². The number of rotatable bonds is 5. The summed E-state index contributed by atoms with van der Waals surface area (Å²) in [5.74, 6) is 0.358. The third-order valence-corrected chi connectivity index (χ3v) is 6.11. The number of aromatic amines is 2. The standard InChI is InChI=1S/C21H18Cl2N6O5/c22-14-7-12(29-21(33)25-20(32)16(9-24)28-29)8-15(23)18(14)34-17-6-11(19(31)27-26-17)5-10-1-3-13(30)4-2-10/h6-8,10,13,30H,1-5H2,(H,27,31)(H,25,32,33). The topological polar surface area (TPSA) is 167 Å². The van der Waals surface area contributed by atoms with Crippen molar-refractivity contribution in [1.82, 2.24) is 25.0 Å². The van der Waals surface area contributed by atoms with Gasteiger partial charge in [-0.25, -0.2) is 9.89 Å². The Morgan fingerprint density at radius 3 is 2.44 bits per heavy atom. The number of nitrogens with one attached hydrogen (secondary N) is 2. The summed E-state index contributed by atoms with van der Waals surface area (Å²) in [4.78, 5) is 37.9. The number of benzene rings is 1. The van der Waals surface area contributed by atoms with Gasteiger partial charge in [-0.2, -0.15) is 9.94 Å². The molecule has 1 aliphatic rings. The molecule has 0 unspecified atom stereocenters. The second-order valence-electron chi connectivity index (χ2n) is 7.91. The Balaban J connectivity index is 1.61. The lowest BCUT2D eigenvalue weighted by molar-refractivity contribution is 0.108. The average molecular weight is 505 g/mol. The number of nitrogens with zero attached hydrogens (tertiary/aromatic N) is 4. The Labute approximate surface area is 201 Å². The van der Waals surface area contributed by atoms with Crippen LogP contribution in [0.4, 0.5) is 0 Å². The van der Waals surface area contributed by atoms with Crippen molar-refractivity contribution < 1.29 is 9.84 Å². The predicted molar refractivity (Wildman–Crippen MR) is 122 cm³/mol. The van der Waals surface area contributed by atoms with Gasteiger partial charge in [0.1, 0.15) is 6.07 Å². The van der Waals surface area contributed by atoms with Gasteiger partial charge in [-0.3, -0.25) is 14.6 Å². The molecular weight excluding hydrogens is 487 g/mol. The third-order valence-electron chi connectivity index (χ3n) is 5.55. The summed E-state index contributed by atoms with van der Waals surface area (Å²) < 4.78 is 6.50. The first-order chi connectivity index (χ1) is 16.2. The Kier molecular flexibility index (Phi) is 6.83. The number of ether oxygens (including phenoxy) is 1. The molecule has 34 heavy (non-hydrogen) atoms. The van der Waals surface area contributed by atoms with E-state index in [1.807, 2.05) is 4.98 Å². The van der Waals surface area contributed by atoms with Crippen molar-refractivity contribution in [2.75, 3.05) is 0 Å². The zero-order valence-electron chi connectivity index (χ0n) is 17.5. The quantitative estimate of drug-likeness (QED) is 0.474. The summed E-state index contributed by atoms with van der Waals surface area (Å²) >= 11 is 12.6. The van der Waals surface area contributed by atoms with E-state index in [1.54, 1.807) is 6.07 Å². The fourth-order valence-electron chi connectivity index (χ4n) is 3.81. The first-order valence-electron chi connectivity index (χ1n) is 10.3. The molecule has 0 amide bonds. The Bertz CT molecular complexity index is 1430. The number of hydrogen-bond donors (Lipinski definition) is 3. The molecule has 2 heterocycles. The molecular formula is C21H18Cl2N6O5. The number of nitriles is 1. The Morgan fingerprint density at radius 1 is 1.12 bits per heavy atom. The first-order valence-corrected chi connectivity index (χ1v) is 11.1. The summed E-state index contributed by atoms with van der Waals surface area (Å²) in [5.41, 5.74) is -2.05. The van der Waals surface area contributed by atoms with E-state index >= 15 is 0 Å². The van der Waals surface area contributed by atoms with E-state index < -0.39 is 16.9 Å². The normalized spacial score (nSPS) is 17.8. The molecule has 1 aromatic carbocycles. The van der Waals surface area contributed by atoms with Gasteiger partial charge in [0.2, 0.25) is 11.6 Å². The molecule has 2 aromatic heterocycles. The van der Waals surface area contributed by atoms with Crippen LogP contribution < -0.4 is 21.5 Å². The molecule has 3 aromatic rings. The summed E-state index contributed by atoms with van der Waals surface area (Å²) in [6, 6.07) is 5.74. The summed E-state index contributed by atoms with van der Waals surface area (Å²) in [7, 11) is 0. The van der Waals surface area contributed by atoms with Crippen LogP contribution in [0.2, 0.25) is 10.0 Å². The van der Waals surface area contributed by atoms with Crippen molar-refractivity contribution in [3.8, 4) is 23.4 Å². The largest absolute Gasteiger partial charge is 0.434 e. The second-order valence-corrected chi connectivity index (χ2v) is 8.73. The highest BCUT2D eigenvalue weighted by Crippen LogP contribution is 2.37. The molecule has 1 fully saturated rings. The minimum absolute atomic E-state index is 0.00303. The molecule has 0 bridgehead atoms. The van der Waals surface area contributed by atoms with Crippen LogP contribution in [-0.4, -0.2) is 36.2 Å². The predicted octanol–water partition coefficient (Wildman–Crippen LogP) is 2.07. The minimum Gasteiger partial charge on any atom is -0.434 e.